The van der Waals surface area contributed by atoms with Crippen LogP contribution in [0.15, 0.2) is 43.5 Å². The molecule has 90 valence electrons. The fraction of sp³-hybridized carbons (Fsp3) is 0.0909. The zero-order valence-corrected chi connectivity index (χ0v) is 13.5. The van der Waals surface area contributed by atoms with Crippen molar-refractivity contribution < 1.29 is 4.21 Å². The zero-order valence-electron chi connectivity index (χ0n) is 8.65. The van der Waals surface area contributed by atoms with Crippen LogP contribution in [0.2, 0.25) is 0 Å². The molecule has 1 heterocycles. The fourth-order valence-corrected chi connectivity index (χ4v) is 4.88. The van der Waals surface area contributed by atoms with Crippen LogP contribution in [0.25, 0.3) is 0 Å². The van der Waals surface area contributed by atoms with Crippen LogP contribution < -0.4 is 5.73 Å². The highest BCUT2D eigenvalue weighted by atomic mass is 79.9. The van der Waals surface area contributed by atoms with Gasteiger partial charge < -0.3 is 5.73 Å². The van der Waals surface area contributed by atoms with Crippen molar-refractivity contribution in [1.29, 1.82) is 0 Å². The Morgan fingerprint density at radius 1 is 1.29 bits per heavy atom. The van der Waals surface area contributed by atoms with E-state index in [1.54, 1.807) is 23.5 Å². The largest absolute Gasteiger partial charge is 0.398 e. The standard InChI is InChI=1S/C11H9Br2NOS2/c12-7-1-2-11(9(14)5-7)17(15)6-10-8(13)3-4-16-10/h1-5H,6,14H2. The third-order valence-corrected chi connectivity index (χ3v) is 6.19. The SMILES string of the molecule is Nc1cc(Br)ccc1S(=O)Cc1sccc1Br. The molecule has 17 heavy (non-hydrogen) atoms. The number of hydrogen-bond acceptors (Lipinski definition) is 3. The van der Waals surface area contributed by atoms with Crippen molar-refractivity contribution >= 4 is 59.7 Å². The summed E-state index contributed by atoms with van der Waals surface area (Å²) in [7, 11) is -1.11. The lowest BCUT2D eigenvalue weighted by Crippen LogP contribution is -2.00. The van der Waals surface area contributed by atoms with Gasteiger partial charge in [0, 0.05) is 19.5 Å². The average molecular weight is 395 g/mol. The van der Waals surface area contributed by atoms with E-state index in [2.05, 4.69) is 31.9 Å². The van der Waals surface area contributed by atoms with Crippen LogP contribution in [-0.2, 0) is 16.6 Å². The number of benzene rings is 1. The molecular weight excluding hydrogens is 386 g/mol. The van der Waals surface area contributed by atoms with Gasteiger partial charge in [0.15, 0.2) is 0 Å². The first-order valence-electron chi connectivity index (χ1n) is 4.73. The van der Waals surface area contributed by atoms with E-state index < -0.39 is 10.8 Å². The number of nitrogens with two attached hydrogens (primary N) is 1. The van der Waals surface area contributed by atoms with Gasteiger partial charge in [-0.25, -0.2) is 0 Å². The Morgan fingerprint density at radius 3 is 2.65 bits per heavy atom. The van der Waals surface area contributed by atoms with Gasteiger partial charge in [0.25, 0.3) is 0 Å². The molecule has 0 radical (unpaired) electrons. The fourth-order valence-electron chi connectivity index (χ4n) is 1.35. The minimum absolute atomic E-state index is 0.490. The lowest BCUT2D eigenvalue weighted by atomic mass is 10.3. The van der Waals surface area contributed by atoms with Crippen molar-refractivity contribution in [3.05, 3.63) is 43.5 Å². The molecule has 0 fully saturated rings. The average Bonchev–Trinajstić information content (AvgIpc) is 2.64. The molecule has 1 aromatic carbocycles. The van der Waals surface area contributed by atoms with Crippen LogP contribution in [0.1, 0.15) is 4.88 Å². The second-order valence-corrected chi connectivity index (χ2v) is 7.55. The minimum atomic E-state index is -1.11. The summed E-state index contributed by atoms with van der Waals surface area (Å²) < 4.78 is 14.1. The first-order chi connectivity index (χ1) is 8.08. The van der Waals surface area contributed by atoms with Crippen LogP contribution >= 0.6 is 43.2 Å². The molecule has 2 N–H and O–H groups in total. The summed E-state index contributed by atoms with van der Waals surface area (Å²) in [5.41, 5.74) is 6.42. The van der Waals surface area contributed by atoms with E-state index >= 15 is 0 Å². The first-order valence-corrected chi connectivity index (χ1v) is 8.51. The van der Waals surface area contributed by atoms with Gasteiger partial charge in [-0.1, -0.05) is 15.9 Å². The van der Waals surface area contributed by atoms with Gasteiger partial charge in [0.1, 0.15) is 0 Å². The van der Waals surface area contributed by atoms with Crippen LogP contribution in [-0.4, -0.2) is 4.21 Å². The smallest absolute Gasteiger partial charge is 0.0638 e. The van der Waals surface area contributed by atoms with Crippen LogP contribution in [0, 0.1) is 0 Å². The molecule has 1 aromatic heterocycles. The maximum atomic E-state index is 12.2. The molecule has 2 rings (SSSR count). The molecule has 0 aliphatic heterocycles. The predicted octanol–water partition coefficient (Wildman–Crippen LogP) is 4.16. The Balaban J connectivity index is 2.23. The van der Waals surface area contributed by atoms with Crippen molar-refractivity contribution in [2.45, 2.75) is 10.6 Å². The number of nitrogen functional groups attached to an aromatic ring is 1. The summed E-state index contributed by atoms with van der Waals surface area (Å²) in [6.07, 6.45) is 0. The molecule has 1 atom stereocenters. The van der Waals surface area contributed by atoms with Gasteiger partial charge in [-0.05, 0) is 45.6 Å². The van der Waals surface area contributed by atoms with Gasteiger partial charge in [0.2, 0.25) is 0 Å². The number of halogens is 2. The third kappa shape index (κ3) is 3.19. The van der Waals surface area contributed by atoms with E-state index in [1.165, 1.54) is 0 Å². The highest BCUT2D eigenvalue weighted by Crippen LogP contribution is 2.28. The second-order valence-electron chi connectivity index (χ2n) is 3.36. The molecular formula is C11H9Br2NOS2. The van der Waals surface area contributed by atoms with Gasteiger partial charge in [-0.15, -0.1) is 11.3 Å². The van der Waals surface area contributed by atoms with E-state index in [9.17, 15) is 4.21 Å². The number of rotatable bonds is 3. The molecule has 0 bridgehead atoms. The first kappa shape index (κ1) is 13.3. The van der Waals surface area contributed by atoms with Crippen LogP contribution in [0.3, 0.4) is 0 Å². The van der Waals surface area contributed by atoms with E-state index in [4.69, 9.17) is 5.73 Å². The van der Waals surface area contributed by atoms with E-state index in [0.717, 1.165) is 13.8 Å². The quantitative estimate of drug-likeness (QED) is 0.794. The van der Waals surface area contributed by atoms with Crippen LogP contribution in [0.4, 0.5) is 5.69 Å². The lowest BCUT2D eigenvalue weighted by Gasteiger charge is -2.05. The summed E-state index contributed by atoms with van der Waals surface area (Å²) in [4.78, 5) is 1.76. The Hall–Kier alpha value is -0.170. The van der Waals surface area contributed by atoms with Crippen LogP contribution in [0.5, 0.6) is 0 Å². The molecule has 6 heteroatoms. The normalized spacial score (nSPS) is 12.6. The maximum absolute atomic E-state index is 12.2. The van der Waals surface area contributed by atoms with Gasteiger partial charge in [-0.2, -0.15) is 0 Å². The van der Waals surface area contributed by atoms with Gasteiger partial charge in [-0.3, -0.25) is 4.21 Å². The highest BCUT2D eigenvalue weighted by molar-refractivity contribution is 9.10. The van der Waals surface area contributed by atoms with Crippen molar-refractivity contribution in [3.8, 4) is 0 Å². The van der Waals surface area contributed by atoms with Crippen molar-refractivity contribution in [3.63, 3.8) is 0 Å². The molecule has 0 amide bonds. The second kappa shape index (κ2) is 5.65. The monoisotopic (exact) mass is 393 g/mol. The predicted molar refractivity (Wildman–Crippen MR) is 80.7 cm³/mol. The van der Waals surface area contributed by atoms with Gasteiger partial charge in [0.05, 0.1) is 21.4 Å². The topological polar surface area (TPSA) is 43.1 Å². The Morgan fingerprint density at radius 2 is 2.06 bits per heavy atom. The molecule has 0 aliphatic carbocycles. The van der Waals surface area contributed by atoms with Gasteiger partial charge >= 0.3 is 0 Å². The Kier molecular flexibility index (Phi) is 4.41. The minimum Gasteiger partial charge on any atom is -0.398 e. The molecule has 0 spiro atoms. The lowest BCUT2D eigenvalue weighted by molar-refractivity contribution is 0.683. The number of hydrogen-bond donors (Lipinski definition) is 1. The zero-order chi connectivity index (χ0) is 12.4. The number of thiophene rings is 1. The van der Waals surface area contributed by atoms with E-state index in [0.29, 0.717) is 16.3 Å². The molecule has 2 nitrogen and oxygen atoms in total. The number of anilines is 1. The molecule has 0 aliphatic rings. The summed E-state index contributed by atoms with van der Waals surface area (Å²) in [6.45, 7) is 0. The summed E-state index contributed by atoms with van der Waals surface area (Å²) >= 11 is 8.36. The van der Waals surface area contributed by atoms with Crippen molar-refractivity contribution in [2.75, 3.05) is 5.73 Å². The molecule has 0 saturated carbocycles. The maximum Gasteiger partial charge on any atom is 0.0638 e. The molecule has 1 unspecified atom stereocenters. The highest BCUT2D eigenvalue weighted by Gasteiger charge is 2.11. The third-order valence-electron chi connectivity index (χ3n) is 2.17. The summed E-state index contributed by atoms with van der Waals surface area (Å²) in [6, 6.07) is 7.39. The Bertz CT molecular complexity index is 568. The Labute approximate surface area is 123 Å². The van der Waals surface area contributed by atoms with E-state index in [-0.39, 0.29) is 0 Å². The summed E-state index contributed by atoms with van der Waals surface area (Å²) in [5, 5.41) is 1.97. The van der Waals surface area contributed by atoms with Crippen molar-refractivity contribution in [2.24, 2.45) is 0 Å². The van der Waals surface area contributed by atoms with Crippen molar-refractivity contribution in [1.82, 2.24) is 0 Å². The molecule has 2 aromatic rings. The van der Waals surface area contributed by atoms with E-state index in [1.807, 2.05) is 17.5 Å². The molecule has 0 saturated heterocycles. The summed E-state index contributed by atoms with van der Waals surface area (Å²) in [5.74, 6) is 0.490.